The number of nitrogens with one attached hydrogen (secondary N) is 1. The van der Waals surface area contributed by atoms with Crippen LogP contribution in [0.3, 0.4) is 0 Å². The van der Waals surface area contributed by atoms with Gasteiger partial charge in [-0.1, -0.05) is 13.3 Å². The number of carbonyl (C=O) groups excluding carboxylic acids is 2. The third kappa shape index (κ3) is 3.89. The van der Waals surface area contributed by atoms with Crippen LogP contribution in [0.1, 0.15) is 38.8 Å². The quantitative estimate of drug-likeness (QED) is 0.210. The van der Waals surface area contributed by atoms with Gasteiger partial charge in [0.05, 0.1) is 12.2 Å². The van der Waals surface area contributed by atoms with Crippen molar-refractivity contribution >= 4 is 41.1 Å². The molecule has 2 aromatic heterocycles. The summed E-state index contributed by atoms with van der Waals surface area (Å²) < 4.78 is 12.9. The zero-order chi connectivity index (χ0) is 24.0. The fraction of sp³-hybridized carbons (Fsp3) is 0.667. The summed E-state index contributed by atoms with van der Waals surface area (Å²) in [6.45, 7) is 2.14. The van der Waals surface area contributed by atoms with Gasteiger partial charge in [-0.2, -0.15) is 11.8 Å². The van der Waals surface area contributed by atoms with E-state index in [-0.39, 0.29) is 18.3 Å². The van der Waals surface area contributed by atoms with Crippen LogP contribution in [0, 0.1) is 11.8 Å². The summed E-state index contributed by atoms with van der Waals surface area (Å²) >= 11 is 1.85. The molecular weight excluding hydrogens is 464 g/mol. The van der Waals surface area contributed by atoms with Gasteiger partial charge in [0.25, 0.3) is 0 Å². The van der Waals surface area contributed by atoms with Crippen LogP contribution < -0.4 is 11.1 Å². The van der Waals surface area contributed by atoms with Gasteiger partial charge in [0, 0.05) is 23.5 Å². The number of nitrogen functional groups attached to an aromatic ring is 1. The van der Waals surface area contributed by atoms with Crippen molar-refractivity contribution in [3.63, 3.8) is 0 Å². The molecule has 3 aliphatic rings. The van der Waals surface area contributed by atoms with Gasteiger partial charge in [-0.25, -0.2) is 15.0 Å². The molecule has 4 heterocycles. The van der Waals surface area contributed by atoms with Gasteiger partial charge in [-0.3, -0.25) is 14.2 Å². The molecule has 2 aromatic rings. The number of hydrogen-bond acceptors (Lipinski definition) is 11. The Morgan fingerprint density at radius 2 is 2.26 bits per heavy atom. The Kier molecular flexibility index (Phi) is 6.12. The Balaban J connectivity index is 1.18. The lowest BCUT2D eigenvalue weighted by molar-refractivity contribution is -0.196. The number of esters is 1. The Hall–Kier alpha value is -2.48. The van der Waals surface area contributed by atoms with E-state index in [9.17, 15) is 19.8 Å². The number of hydrogen-bond donors (Lipinski definition) is 4. The number of aromatic nitrogens is 4. The normalized spacial score (nSPS) is 36.4. The highest BCUT2D eigenvalue weighted by molar-refractivity contribution is 8.00. The van der Waals surface area contributed by atoms with Crippen LogP contribution in [-0.2, 0) is 19.1 Å². The van der Waals surface area contributed by atoms with Crippen molar-refractivity contribution in [3.05, 3.63) is 12.7 Å². The minimum absolute atomic E-state index is 0.195. The lowest BCUT2D eigenvalue weighted by Crippen LogP contribution is -2.34. The molecule has 2 saturated heterocycles. The number of rotatable bonds is 9. The maximum atomic E-state index is 12.6. The Morgan fingerprint density at radius 1 is 1.44 bits per heavy atom. The number of thioether (sulfide) groups is 1. The first-order valence-corrected chi connectivity index (χ1v) is 12.4. The number of aliphatic hydroxyl groups is 2. The number of fused-ring (bicyclic) bond motifs is 2. The number of anilines is 1. The summed E-state index contributed by atoms with van der Waals surface area (Å²) in [5.41, 5.74) is 6.60. The molecule has 3 unspecified atom stereocenters. The van der Waals surface area contributed by atoms with E-state index >= 15 is 0 Å². The molecular formula is C21H28N6O6S. The molecule has 5 rings (SSSR count). The first-order valence-electron chi connectivity index (χ1n) is 11.4. The second-order valence-electron chi connectivity index (χ2n) is 9.14. The highest BCUT2D eigenvalue weighted by Crippen LogP contribution is 2.58. The molecule has 34 heavy (non-hydrogen) atoms. The van der Waals surface area contributed by atoms with Crippen LogP contribution in [0.5, 0.6) is 0 Å². The maximum absolute atomic E-state index is 12.6. The molecule has 0 spiro atoms. The summed E-state index contributed by atoms with van der Waals surface area (Å²) in [5.74, 6) is -1.46. The van der Waals surface area contributed by atoms with Crippen LogP contribution in [0.15, 0.2) is 12.7 Å². The predicted molar refractivity (Wildman–Crippen MR) is 121 cm³/mol. The standard InChI is InChI=1S/C21H28N6O6S/c1-10-11(26-9-28)6-34-12(10)4-2-3-5-13(29)32-16-14-17(30)21(14,31)33-20(16)27-8-25-15-18(22)23-7-24-19(15)27/h7-12,14,16-17,20,30-31H,2-6H2,1H3,(H,26,28)(H2,22,23,24)/t10-,11-,12-,14?,16?,17+,20+,21?/m0/s1. The van der Waals surface area contributed by atoms with Crippen molar-refractivity contribution in [3.8, 4) is 0 Å². The van der Waals surface area contributed by atoms with Crippen molar-refractivity contribution in [2.24, 2.45) is 11.8 Å². The number of imidazole rings is 1. The fourth-order valence-corrected chi connectivity index (χ4v) is 6.69. The first-order chi connectivity index (χ1) is 16.3. The van der Waals surface area contributed by atoms with E-state index in [2.05, 4.69) is 27.2 Å². The van der Waals surface area contributed by atoms with E-state index in [1.165, 1.54) is 17.2 Å². The summed E-state index contributed by atoms with van der Waals surface area (Å²) in [5, 5.41) is 24.0. The highest BCUT2D eigenvalue weighted by atomic mass is 32.2. The number of carbonyl (C=O) groups is 2. The van der Waals surface area contributed by atoms with Crippen LogP contribution >= 0.6 is 11.8 Å². The summed E-state index contributed by atoms with van der Waals surface area (Å²) in [4.78, 5) is 35.6. The number of aliphatic hydroxyl groups excluding tert-OH is 1. The molecule has 0 bridgehead atoms. The van der Waals surface area contributed by atoms with E-state index in [4.69, 9.17) is 15.2 Å². The average molecular weight is 493 g/mol. The fourth-order valence-electron chi connectivity index (χ4n) is 5.01. The van der Waals surface area contributed by atoms with E-state index < -0.39 is 36.1 Å². The van der Waals surface area contributed by atoms with Crippen molar-refractivity contribution in [1.29, 1.82) is 0 Å². The minimum atomic E-state index is -1.77. The lowest BCUT2D eigenvalue weighted by atomic mass is 9.96. The van der Waals surface area contributed by atoms with Gasteiger partial charge in [0.1, 0.15) is 17.9 Å². The smallest absolute Gasteiger partial charge is 0.306 e. The number of nitrogens with two attached hydrogens (primary N) is 1. The van der Waals surface area contributed by atoms with E-state index in [0.717, 1.165) is 25.0 Å². The monoisotopic (exact) mass is 492 g/mol. The van der Waals surface area contributed by atoms with Gasteiger partial charge in [-0.15, -0.1) is 0 Å². The first kappa shape index (κ1) is 23.3. The van der Waals surface area contributed by atoms with Crippen LogP contribution in [-0.4, -0.2) is 77.2 Å². The van der Waals surface area contributed by atoms with Gasteiger partial charge in [-0.05, 0) is 18.8 Å². The lowest BCUT2D eigenvalue weighted by Gasteiger charge is -2.24. The predicted octanol–water partition coefficient (Wildman–Crippen LogP) is -0.0451. The molecule has 1 aliphatic carbocycles. The molecule has 12 nitrogen and oxygen atoms in total. The van der Waals surface area contributed by atoms with Crippen molar-refractivity contribution < 1.29 is 29.3 Å². The molecule has 1 saturated carbocycles. The summed E-state index contributed by atoms with van der Waals surface area (Å²) in [6, 6.07) is 0.195. The van der Waals surface area contributed by atoms with Crippen molar-refractivity contribution in [2.45, 2.75) is 68.1 Å². The molecule has 0 aromatic carbocycles. The summed E-state index contributed by atoms with van der Waals surface area (Å²) in [6.07, 6.45) is 3.22. The molecule has 184 valence electrons. The van der Waals surface area contributed by atoms with E-state index in [1.807, 2.05) is 11.8 Å². The van der Waals surface area contributed by atoms with E-state index in [1.54, 1.807) is 0 Å². The summed E-state index contributed by atoms with van der Waals surface area (Å²) in [7, 11) is 0. The zero-order valence-corrected chi connectivity index (χ0v) is 19.4. The second kappa shape index (κ2) is 8.95. The molecule has 0 radical (unpaired) electrons. The van der Waals surface area contributed by atoms with Gasteiger partial charge < -0.3 is 30.7 Å². The molecule has 2 aliphatic heterocycles. The topological polar surface area (TPSA) is 175 Å². The number of nitrogens with zero attached hydrogens (tertiary/aromatic N) is 4. The molecule has 13 heteroatoms. The van der Waals surface area contributed by atoms with Crippen LogP contribution in [0.4, 0.5) is 5.82 Å². The Labute approximate surface area is 199 Å². The minimum Gasteiger partial charge on any atom is -0.457 e. The third-order valence-corrected chi connectivity index (χ3v) is 8.76. The zero-order valence-electron chi connectivity index (χ0n) is 18.6. The largest absolute Gasteiger partial charge is 0.457 e. The SMILES string of the molecule is C[C@H]1[C@@H](NC=O)CS[C@H]1CCCCC(=O)OC1C2[C@@H](O)C2(O)O[C@H]1n1cnc2c(N)ncnc21. The second-order valence-corrected chi connectivity index (χ2v) is 10.4. The van der Waals surface area contributed by atoms with Gasteiger partial charge in [0.15, 0.2) is 23.8 Å². The molecule has 5 N–H and O–H groups in total. The number of unbranched alkanes of at least 4 members (excludes halogenated alkanes) is 1. The van der Waals surface area contributed by atoms with Crippen LogP contribution in [0.2, 0.25) is 0 Å². The highest BCUT2D eigenvalue weighted by Gasteiger charge is 2.77. The third-order valence-electron chi connectivity index (χ3n) is 7.12. The van der Waals surface area contributed by atoms with Crippen molar-refractivity contribution in [2.75, 3.05) is 11.5 Å². The number of ether oxygens (including phenoxy) is 2. The molecule has 3 fully saturated rings. The Morgan fingerprint density at radius 3 is 3.06 bits per heavy atom. The van der Waals surface area contributed by atoms with Gasteiger partial charge >= 0.3 is 5.97 Å². The van der Waals surface area contributed by atoms with E-state index in [0.29, 0.717) is 28.8 Å². The maximum Gasteiger partial charge on any atom is 0.306 e. The average Bonchev–Trinajstić information content (AvgIpc) is 3.21. The van der Waals surface area contributed by atoms with Crippen molar-refractivity contribution in [1.82, 2.24) is 24.8 Å². The molecule has 1 amide bonds. The number of amides is 1. The van der Waals surface area contributed by atoms with Gasteiger partial charge in [0.2, 0.25) is 12.2 Å². The molecule has 8 atom stereocenters. The van der Waals surface area contributed by atoms with Crippen LogP contribution in [0.25, 0.3) is 11.2 Å². The Bertz CT molecular complexity index is 1090.